The topological polar surface area (TPSA) is 58.6 Å². The molecule has 1 aliphatic heterocycles. The van der Waals surface area contributed by atoms with Gasteiger partial charge < -0.3 is 15.2 Å². The van der Waals surface area contributed by atoms with Crippen LogP contribution in [-0.2, 0) is 12.8 Å². The van der Waals surface area contributed by atoms with E-state index in [4.69, 9.17) is 4.74 Å². The van der Waals surface area contributed by atoms with Gasteiger partial charge >= 0.3 is 6.09 Å². The Morgan fingerprint density at radius 3 is 2.64 bits per heavy atom. The molecule has 0 aromatic heterocycles. The van der Waals surface area contributed by atoms with Crippen molar-refractivity contribution < 1.29 is 14.6 Å². The van der Waals surface area contributed by atoms with Crippen LogP contribution in [0.1, 0.15) is 16.7 Å². The Labute approximate surface area is 164 Å². The highest BCUT2D eigenvalue weighted by Gasteiger charge is 2.33. The Bertz CT molecular complexity index is 984. The molecule has 4 nitrogen and oxygen atoms in total. The van der Waals surface area contributed by atoms with Crippen LogP contribution >= 0.6 is 0 Å². The molecule has 0 aliphatic carbocycles. The number of hydrogen-bond donors (Lipinski definition) is 2. The fourth-order valence-corrected chi connectivity index (χ4v) is 3.86. The monoisotopic (exact) mass is 373 g/mol. The molecule has 4 heteroatoms. The van der Waals surface area contributed by atoms with E-state index in [1.165, 1.54) is 5.56 Å². The molecule has 2 N–H and O–H groups in total. The summed E-state index contributed by atoms with van der Waals surface area (Å²) in [7, 11) is 0. The number of aryl methyl sites for hydroxylation is 1. The van der Waals surface area contributed by atoms with Crippen molar-refractivity contribution in [2.24, 2.45) is 0 Å². The largest absolute Gasteiger partial charge is 0.487 e. The number of carbonyl (C=O) groups is 1. The molecular weight excluding hydrogens is 350 g/mol. The second-order valence-corrected chi connectivity index (χ2v) is 7.27. The number of para-hydroxylation sites is 1. The van der Waals surface area contributed by atoms with E-state index in [1.54, 1.807) is 0 Å². The van der Waals surface area contributed by atoms with Crippen molar-refractivity contribution in [2.45, 2.75) is 31.9 Å². The molecule has 3 aromatic carbocycles. The van der Waals surface area contributed by atoms with Crippen molar-refractivity contribution in [1.29, 1.82) is 0 Å². The first kappa shape index (κ1) is 18.1. The van der Waals surface area contributed by atoms with Gasteiger partial charge in [0.1, 0.15) is 11.9 Å². The average Bonchev–Trinajstić information content (AvgIpc) is 3.12. The van der Waals surface area contributed by atoms with Gasteiger partial charge in [0.05, 0.1) is 6.04 Å². The Morgan fingerprint density at radius 2 is 1.89 bits per heavy atom. The Hall–Kier alpha value is -3.27. The molecule has 0 spiro atoms. The van der Waals surface area contributed by atoms with Gasteiger partial charge in [0.15, 0.2) is 0 Å². The molecule has 142 valence electrons. The second kappa shape index (κ2) is 7.77. The Kier molecular flexibility index (Phi) is 5.02. The Morgan fingerprint density at radius 1 is 1.11 bits per heavy atom. The standard InChI is InChI=1S/C24H23NO3/c1-16-7-5-10-18(13-16)20-12-6-11-19-15-22(28-23(19)20)21(25-24(26)27)14-17-8-3-2-4-9-17/h2-13,21-22,25H,14-15H2,1H3,(H,26,27). The number of rotatable bonds is 5. The number of amides is 1. The zero-order chi connectivity index (χ0) is 19.5. The number of fused-ring (bicyclic) bond motifs is 1. The van der Waals surface area contributed by atoms with Crippen LogP contribution in [0, 0.1) is 6.92 Å². The van der Waals surface area contributed by atoms with Gasteiger partial charge in [-0.05, 0) is 30.0 Å². The van der Waals surface area contributed by atoms with Crippen molar-refractivity contribution >= 4 is 6.09 Å². The number of carboxylic acid groups (broad SMARTS) is 1. The minimum atomic E-state index is -1.03. The smallest absolute Gasteiger partial charge is 0.405 e. The lowest BCUT2D eigenvalue weighted by Gasteiger charge is -2.23. The third kappa shape index (κ3) is 3.86. The van der Waals surface area contributed by atoms with Crippen LogP contribution in [0.3, 0.4) is 0 Å². The van der Waals surface area contributed by atoms with E-state index < -0.39 is 6.09 Å². The molecule has 4 rings (SSSR count). The van der Waals surface area contributed by atoms with Gasteiger partial charge in [-0.2, -0.15) is 0 Å². The molecule has 1 aliphatic rings. The van der Waals surface area contributed by atoms with Crippen LogP contribution in [0.5, 0.6) is 5.75 Å². The highest BCUT2D eigenvalue weighted by atomic mass is 16.5. The minimum absolute atomic E-state index is 0.239. The summed E-state index contributed by atoms with van der Waals surface area (Å²) in [6, 6.07) is 24.1. The van der Waals surface area contributed by atoms with E-state index >= 15 is 0 Å². The van der Waals surface area contributed by atoms with Gasteiger partial charge in [0, 0.05) is 12.0 Å². The second-order valence-electron chi connectivity index (χ2n) is 7.27. The van der Waals surface area contributed by atoms with Crippen LogP contribution < -0.4 is 10.1 Å². The SMILES string of the molecule is Cc1cccc(-c2cccc3c2OC(C(Cc2ccccc2)NC(=O)O)C3)c1. The molecule has 2 unspecified atom stereocenters. The summed E-state index contributed by atoms with van der Waals surface area (Å²) in [5, 5.41) is 12.0. The average molecular weight is 373 g/mol. The normalized spacial score (nSPS) is 16.1. The number of nitrogens with one attached hydrogen (secondary N) is 1. The maximum atomic E-state index is 11.4. The first-order valence-electron chi connectivity index (χ1n) is 9.49. The molecule has 28 heavy (non-hydrogen) atoms. The summed E-state index contributed by atoms with van der Waals surface area (Å²) in [6.45, 7) is 2.07. The van der Waals surface area contributed by atoms with Crippen LogP contribution in [0.4, 0.5) is 4.79 Å². The number of hydrogen-bond acceptors (Lipinski definition) is 2. The fraction of sp³-hybridized carbons (Fsp3) is 0.208. The zero-order valence-corrected chi connectivity index (χ0v) is 15.8. The highest BCUT2D eigenvalue weighted by Crippen LogP contribution is 2.39. The Balaban J connectivity index is 1.62. The molecule has 1 heterocycles. The van der Waals surface area contributed by atoms with E-state index in [0.717, 1.165) is 28.0 Å². The zero-order valence-electron chi connectivity index (χ0n) is 15.8. The quantitative estimate of drug-likeness (QED) is 0.672. The van der Waals surface area contributed by atoms with Crippen LogP contribution in [0.15, 0.2) is 72.8 Å². The van der Waals surface area contributed by atoms with Crippen LogP contribution in [0.2, 0.25) is 0 Å². The molecule has 0 fully saturated rings. The first-order chi connectivity index (χ1) is 13.6. The van der Waals surface area contributed by atoms with E-state index in [1.807, 2.05) is 42.5 Å². The molecule has 1 amide bonds. The minimum Gasteiger partial charge on any atom is -0.487 e. The fourth-order valence-electron chi connectivity index (χ4n) is 3.86. The summed E-state index contributed by atoms with van der Waals surface area (Å²) >= 11 is 0. The van der Waals surface area contributed by atoms with Crippen molar-refractivity contribution in [3.63, 3.8) is 0 Å². The summed E-state index contributed by atoms with van der Waals surface area (Å²) in [5.41, 5.74) is 5.56. The maximum Gasteiger partial charge on any atom is 0.405 e. The maximum absolute atomic E-state index is 11.4. The van der Waals surface area contributed by atoms with E-state index in [0.29, 0.717) is 12.8 Å². The van der Waals surface area contributed by atoms with E-state index in [-0.39, 0.29) is 12.1 Å². The third-order valence-corrected chi connectivity index (χ3v) is 5.17. The van der Waals surface area contributed by atoms with Crippen molar-refractivity contribution in [2.75, 3.05) is 0 Å². The summed E-state index contributed by atoms with van der Waals surface area (Å²) < 4.78 is 6.34. The first-order valence-corrected chi connectivity index (χ1v) is 9.49. The van der Waals surface area contributed by atoms with Crippen LogP contribution in [0.25, 0.3) is 11.1 Å². The highest BCUT2D eigenvalue weighted by molar-refractivity contribution is 5.73. The molecule has 0 saturated carbocycles. The van der Waals surface area contributed by atoms with Crippen molar-refractivity contribution in [3.8, 4) is 16.9 Å². The molecular formula is C24H23NO3. The van der Waals surface area contributed by atoms with Gasteiger partial charge in [0.25, 0.3) is 0 Å². The molecule has 0 radical (unpaired) electrons. The van der Waals surface area contributed by atoms with Gasteiger partial charge in [-0.3, -0.25) is 0 Å². The van der Waals surface area contributed by atoms with E-state index in [2.05, 4.69) is 42.6 Å². The molecule has 3 aromatic rings. The lowest BCUT2D eigenvalue weighted by Crippen LogP contribution is -2.46. The summed E-state index contributed by atoms with van der Waals surface area (Å²) in [6.07, 6.45) is 0.00915. The number of ether oxygens (including phenoxy) is 1. The lowest BCUT2D eigenvalue weighted by atomic mass is 9.96. The van der Waals surface area contributed by atoms with Gasteiger partial charge in [-0.15, -0.1) is 0 Å². The third-order valence-electron chi connectivity index (χ3n) is 5.17. The number of benzene rings is 3. The molecule has 0 bridgehead atoms. The summed E-state index contributed by atoms with van der Waals surface area (Å²) in [5.74, 6) is 0.864. The molecule has 2 atom stereocenters. The van der Waals surface area contributed by atoms with Crippen molar-refractivity contribution in [3.05, 3.63) is 89.5 Å². The van der Waals surface area contributed by atoms with Gasteiger partial charge in [-0.25, -0.2) is 4.79 Å². The predicted molar refractivity (Wildman–Crippen MR) is 110 cm³/mol. The van der Waals surface area contributed by atoms with E-state index in [9.17, 15) is 9.90 Å². The summed E-state index contributed by atoms with van der Waals surface area (Å²) in [4.78, 5) is 11.4. The molecule has 0 saturated heterocycles. The lowest BCUT2D eigenvalue weighted by molar-refractivity contribution is 0.154. The van der Waals surface area contributed by atoms with Crippen LogP contribution in [-0.4, -0.2) is 23.3 Å². The van der Waals surface area contributed by atoms with Gasteiger partial charge in [-0.1, -0.05) is 78.4 Å². The van der Waals surface area contributed by atoms with Gasteiger partial charge in [0.2, 0.25) is 0 Å². The van der Waals surface area contributed by atoms with Crippen molar-refractivity contribution in [1.82, 2.24) is 5.32 Å². The predicted octanol–water partition coefficient (Wildman–Crippen LogP) is 4.84.